The SMILES string of the molecule is Cc1nnnn1CCC(C)(C)C#N. The molecule has 1 rings (SSSR count). The Morgan fingerprint density at radius 1 is 1.54 bits per heavy atom. The van der Waals surface area contributed by atoms with Crippen LogP contribution in [0.1, 0.15) is 26.1 Å². The van der Waals surface area contributed by atoms with Gasteiger partial charge in [0.1, 0.15) is 5.82 Å². The zero-order chi connectivity index (χ0) is 9.90. The van der Waals surface area contributed by atoms with Crippen molar-refractivity contribution < 1.29 is 0 Å². The van der Waals surface area contributed by atoms with Crippen molar-refractivity contribution in [3.05, 3.63) is 5.82 Å². The van der Waals surface area contributed by atoms with Crippen molar-refractivity contribution in [2.75, 3.05) is 0 Å². The molecule has 0 aliphatic carbocycles. The number of tetrazole rings is 1. The zero-order valence-electron chi connectivity index (χ0n) is 8.15. The molecule has 0 bridgehead atoms. The lowest BCUT2D eigenvalue weighted by molar-refractivity contribution is 0.392. The van der Waals surface area contributed by atoms with Crippen molar-refractivity contribution in [2.24, 2.45) is 5.41 Å². The van der Waals surface area contributed by atoms with Gasteiger partial charge in [-0.2, -0.15) is 5.26 Å². The van der Waals surface area contributed by atoms with Gasteiger partial charge in [-0.25, -0.2) is 4.68 Å². The monoisotopic (exact) mass is 179 g/mol. The Labute approximate surface area is 77.4 Å². The molecule has 70 valence electrons. The smallest absolute Gasteiger partial charge is 0.148 e. The van der Waals surface area contributed by atoms with Crippen LogP contribution in [0.2, 0.25) is 0 Å². The highest BCUT2D eigenvalue weighted by Gasteiger charge is 2.16. The van der Waals surface area contributed by atoms with Crippen molar-refractivity contribution in [2.45, 2.75) is 33.7 Å². The topological polar surface area (TPSA) is 67.4 Å². The Kier molecular flexibility index (Phi) is 2.61. The predicted octanol–water partition coefficient (Wildman–Crippen LogP) is 0.921. The number of aryl methyl sites for hydroxylation is 2. The molecule has 5 nitrogen and oxygen atoms in total. The van der Waals surface area contributed by atoms with E-state index in [-0.39, 0.29) is 5.41 Å². The molecule has 1 heterocycles. The Morgan fingerprint density at radius 3 is 2.69 bits per heavy atom. The fraction of sp³-hybridized carbons (Fsp3) is 0.750. The van der Waals surface area contributed by atoms with E-state index >= 15 is 0 Å². The van der Waals surface area contributed by atoms with Gasteiger partial charge < -0.3 is 0 Å². The summed E-state index contributed by atoms with van der Waals surface area (Å²) in [4.78, 5) is 0. The standard InChI is InChI=1S/C8H13N5/c1-7-10-11-12-13(7)5-4-8(2,3)6-9/h4-5H2,1-3H3. The third kappa shape index (κ3) is 2.51. The molecule has 1 aromatic rings. The first-order valence-electron chi connectivity index (χ1n) is 4.19. The summed E-state index contributed by atoms with van der Waals surface area (Å²) in [5.41, 5.74) is -0.307. The lowest BCUT2D eigenvalue weighted by Gasteiger charge is -2.14. The van der Waals surface area contributed by atoms with Crippen LogP contribution in [-0.4, -0.2) is 20.2 Å². The second-order valence-corrected chi connectivity index (χ2v) is 3.69. The van der Waals surface area contributed by atoms with E-state index in [1.165, 1.54) is 0 Å². The predicted molar refractivity (Wildman–Crippen MR) is 46.6 cm³/mol. The van der Waals surface area contributed by atoms with Gasteiger partial charge in [-0.15, -0.1) is 5.10 Å². The van der Waals surface area contributed by atoms with Crippen LogP contribution in [0, 0.1) is 23.7 Å². The fourth-order valence-corrected chi connectivity index (χ4v) is 0.897. The van der Waals surface area contributed by atoms with Crippen LogP contribution in [0.25, 0.3) is 0 Å². The van der Waals surface area contributed by atoms with E-state index in [0.717, 1.165) is 12.2 Å². The highest BCUT2D eigenvalue weighted by Crippen LogP contribution is 2.19. The highest BCUT2D eigenvalue weighted by molar-refractivity contribution is 4.91. The summed E-state index contributed by atoms with van der Waals surface area (Å²) >= 11 is 0. The summed E-state index contributed by atoms with van der Waals surface area (Å²) in [5.74, 6) is 0.786. The maximum Gasteiger partial charge on any atom is 0.148 e. The van der Waals surface area contributed by atoms with Crippen LogP contribution in [-0.2, 0) is 6.54 Å². The molecule has 0 saturated carbocycles. The second-order valence-electron chi connectivity index (χ2n) is 3.69. The molecule has 0 N–H and O–H groups in total. The maximum absolute atomic E-state index is 8.78. The summed E-state index contributed by atoms with van der Waals surface area (Å²) in [5, 5.41) is 19.9. The van der Waals surface area contributed by atoms with Crippen LogP contribution >= 0.6 is 0 Å². The van der Waals surface area contributed by atoms with Crippen molar-refractivity contribution in [1.82, 2.24) is 20.2 Å². The normalized spacial score (nSPS) is 11.2. The third-order valence-electron chi connectivity index (χ3n) is 1.96. The van der Waals surface area contributed by atoms with Crippen LogP contribution in [0.15, 0.2) is 0 Å². The molecule has 0 aliphatic rings. The molecule has 0 spiro atoms. The Morgan fingerprint density at radius 2 is 2.23 bits per heavy atom. The van der Waals surface area contributed by atoms with Gasteiger partial charge in [0.05, 0.1) is 11.5 Å². The molecule has 0 fully saturated rings. The largest absolute Gasteiger partial charge is 0.230 e. The van der Waals surface area contributed by atoms with Crippen LogP contribution < -0.4 is 0 Å². The van der Waals surface area contributed by atoms with Gasteiger partial charge in [-0.3, -0.25) is 0 Å². The Bertz CT molecular complexity index is 320. The minimum atomic E-state index is -0.307. The van der Waals surface area contributed by atoms with E-state index in [4.69, 9.17) is 5.26 Å². The number of aromatic nitrogens is 4. The molecule has 0 atom stereocenters. The van der Waals surface area contributed by atoms with E-state index in [1.54, 1.807) is 4.68 Å². The molecule has 0 radical (unpaired) electrons. The van der Waals surface area contributed by atoms with Gasteiger partial charge in [0.15, 0.2) is 0 Å². The minimum absolute atomic E-state index is 0.307. The average Bonchev–Trinajstić information content (AvgIpc) is 2.48. The number of nitriles is 1. The zero-order valence-corrected chi connectivity index (χ0v) is 8.15. The molecule has 0 aromatic carbocycles. The van der Waals surface area contributed by atoms with Crippen LogP contribution in [0.5, 0.6) is 0 Å². The first-order valence-corrected chi connectivity index (χ1v) is 4.19. The maximum atomic E-state index is 8.78. The molecule has 13 heavy (non-hydrogen) atoms. The lowest BCUT2D eigenvalue weighted by atomic mass is 9.92. The summed E-state index contributed by atoms with van der Waals surface area (Å²) in [6, 6.07) is 2.24. The number of nitrogens with zero attached hydrogens (tertiary/aromatic N) is 5. The molecule has 0 saturated heterocycles. The molecular formula is C8H13N5. The minimum Gasteiger partial charge on any atom is -0.230 e. The Hall–Kier alpha value is -1.44. The third-order valence-corrected chi connectivity index (χ3v) is 1.96. The van der Waals surface area contributed by atoms with E-state index in [2.05, 4.69) is 21.6 Å². The molecule has 0 unspecified atom stereocenters. The summed E-state index contributed by atoms with van der Waals surface area (Å²) in [7, 11) is 0. The van der Waals surface area contributed by atoms with Crippen molar-refractivity contribution in [1.29, 1.82) is 5.26 Å². The Balaban J connectivity index is 2.54. The quantitative estimate of drug-likeness (QED) is 0.692. The summed E-state index contributed by atoms with van der Waals surface area (Å²) < 4.78 is 1.71. The summed E-state index contributed by atoms with van der Waals surface area (Å²) in [6.45, 7) is 6.36. The van der Waals surface area contributed by atoms with Crippen molar-refractivity contribution >= 4 is 0 Å². The van der Waals surface area contributed by atoms with E-state index in [9.17, 15) is 0 Å². The fourth-order valence-electron chi connectivity index (χ4n) is 0.897. The van der Waals surface area contributed by atoms with Crippen molar-refractivity contribution in [3.8, 4) is 6.07 Å². The van der Waals surface area contributed by atoms with Crippen LogP contribution in [0.4, 0.5) is 0 Å². The van der Waals surface area contributed by atoms with Crippen LogP contribution in [0.3, 0.4) is 0 Å². The average molecular weight is 179 g/mol. The highest BCUT2D eigenvalue weighted by atomic mass is 15.5. The molecule has 1 aromatic heterocycles. The van der Waals surface area contributed by atoms with E-state index in [1.807, 2.05) is 20.8 Å². The van der Waals surface area contributed by atoms with E-state index < -0.39 is 0 Å². The van der Waals surface area contributed by atoms with Gasteiger partial charge >= 0.3 is 0 Å². The van der Waals surface area contributed by atoms with Gasteiger partial charge in [0.2, 0.25) is 0 Å². The number of hydrogen-bond acceptors (Lipinski definition) is 4. The molecular weight excluding hydrogens is 166 g/mol. The number of rotatable bonds is 3. The van der Waals surface area contributed by atoms with E-state index in [0.29, 0.717) is 6.54 Å². The number of hydrogen-bond donors (Lipinski definition) is 0. The van der Waals surface area contributed by atoms with Gasteiger partial charge in [-0.1, -0.05) is 0 Å². The van der Waals surface area contributed by atoms with Gasteiger partial charge in [0, 0.05) is 6.54 Å². The van der Waals surface area contributed by atoms with Crippen molar-refractivity contribution in [3.63, 3.8) is 0 Å². The first kappa shape index (κ1) is 9.65. The molecule has 0 amide bonds. The van der Waals surface area contributed by atoms with Gasteiger partial charge in [0.25, 0.3) is 0 Å². The molecule has 0 aliphatic heterocycles. The first-order chi connectivity index (χ1) is 6.05. The van der Waals surface area contributed by atoms with Gasteiger partial charge in [-0.05, 0) is 37.6 Å². The summed E-state index contributed by atoms with van der Waals surface area (Å²) in [6.07, 6.45) is 0.759. The lowest BCUT2D eigenvalue weighted by Crippen LogP contribution is -2.14. The molecule has 5 heteroatoms. The second kappa shape index (κ2) is 3.52.